The first-order valence-corrected chi connectivity index (χ1v) is 9.63. The summed E-state index contributed by atoms with van der Waals surface area (Å²) in [4.78, 5) is 12.5. The smallest absolute Gasteiger partial charge is 0.252 e. The number of nitrogens with zero attached hydrogens (tertiary/aromatic N) is 4. The molecule has 3 aromatic rings. The summed E-state index contributed by atoms with van der Waals surface area (Å²) in [7, 11) is 1.53. The van der Waals surface area contributed by atoms with Crippen molar-refractivity contribution in [2.75, 3.05) is 17.9 Å². The van der Waals surface area contributed by atoms with E-state index in [1.165, 1.54) is 34.6 Å². The van der Waals surface area contributed by atoms with Crippen LogP contribution in [-0.4, -0.2) is 33.6 Å². The van der Waals surface area contributed by atoms with Gasteiger partial charge >= 0.3 is 0 Å². The van der Waals surface area contributed by atoms with E-state index < -0.39 is 11.6 Å². The Morgan fingerprint density at radius 3 is 2.52 bits per heavy atom. The van der Waals surface area contributed by atoms with Gasteiger partial charge in [0.05, 0.1) is 19.4 Å². The van der Waals surface area contributed by atoms with E-state index in [1.807, 2.05) is 6.07 Å². The number of carbonyl (C=O) groups is 1. The molecule has 4 rings (SSSR count). The fourth-order valence-electron chi connectivity index (χ4n) is 2.90. The van der Waals surface area contributed by atoms with E-state index >= 15 is 0 Å². The molecule has 0 saturated carbocycles. The van der Waals surface area contributed by atoms with E-state index in [0.717, 1.165) is 12.1 Å². The van der Waals surface area contributed by atoms with Crippen molar-refractivity contribution in [3.63, 3.8) is 0 Å². The van der Waals surface area contributed by atoms with Gasteiger partial charge < -0.3 is 9.47 Å². The van der Waals surface area contributed by atoms with Gasteiger partial charge in [0, 0.05) is 5.56 Å². The second-order valence-corrected chi connectivity index (χ2v) is 7.03. The summed E-state index contributed by atoms with van der Waals surface area (Å²) in [5, 5.41) is 9.83. The number of hydrogen-bond donors (Lipinski definition) is 0. The number of halogens is 2. The van der Waals surface area contributed by atoms with Crippen molar-refractivity contribution in [2.45, 2.75) is 18.3 Å². The number of ether oxygens (including phenoxy) is 2. The highest BCUT2D eigenvalue weighted by atomic mass is 32.2. The van der Waals surface area contributed by atoms with Crippen LogP contribution in [0, 0.1) is 11.6 Å². The van der Waals surface area contributed by atoms with Crippen molar-refractivity contribution in [3.05, 3.63) is 65.5 Å². The lowest BCUT2D eigenvalue weighted by atomic mass is 10.2. The number of para-hydroxylation sites is 2. The summed E-state index contributed by atoms with van der Waals surface area (Å²) < 4.78 is 40.7. The number of methoxy groups -OCH3 is 1. The number of fused-ring (bicyclic) bond motifs is 1. The van der Waals surface area contributed by atoms with Gasteiger partial charge in [-0.2, -0.15) is 0 Å². The highest BCUT2D eigenvalue weighted by Gasteiger charge is 2.30. The largest absolute Gasteiger partial charge is 0.493 e. The van der Waals surface area contributed by atoms with E-state index in [2.05, 4.69) is 10.2 Å². The van der Waals surface area contributed by atoms with Gasteiger partial charge in [-0.1, -0.05) is 30.0 Å². The lowest BCUT2D eigenvalue weighted by Gasteiger charge is -2.29. The molecule has 0 spiro atoms. The average Bonchev–Trinajstić information content (AvgIpc) is 3.14. The van der Waals surface area contributed by atoms with E-state index in [4.69, 9.17) is 9.47 Å². The molecule has 1 aliphatic rings. The minimum Gasteiger partial charge on any atom is -0.493 e. The Hall–Kier alpha value is -3.14. The molecule has 0 unspecified atom stereocenters. The molecule has 2 aromatic carbocycles. The number of aromatic nitrogens is 3. The van der Waals surface area contributed by atoms with Gasteiger partial charge in [-0.25, -0.2) is 18.5 Å². The first-order chi connectivity index (χ1) is 14.1. The molecule has 1 aromatic heterocycles. The summed E-state index contributed by atoms with van der Waals surface area (Å²) in [5.74, 6) is -0.307. The van der Waals surface area contributed by atoms with Crippen molar-refractivity contribution >= 4 is 17.7 Å². The maximum Gasteiger partial charge on any atom is 0.252 e. The highest BCUT2D eigenvalue weighted by molar-refractivity contribution is 7.99. The minimum absolute atomic E-state index is 0.0164. The number of carbonyl (C=O) groups excluding carboxylic acids is 1. The second-order valence-electron chi connectivity index (χ2n) is 6.09. The fraction of sp³-hybridized carbons (Fsp3) is 0.211. The van der Waals surface area contributed by atoms with Gasteiger partial charge in [0.2, 0.25) is 5.16 Å². The molecule has 0 radical (unpaired) electrons. The Labute approximate surface area is 169 Å². The topological polar surface area (TPSA) is 69.5 Å². The highest BCUT2D eigenvalue weighted by Crippen LogP contribution is 2.29. The Morgan fingerprint density at radius 2 is 1.79 bits per heavy atom. The zero-order chi connectivity index (χ0) is 20.4. The summed E-state index contributed by atoms with van der Waals surface area (Å²) in [6, 6.07) is 10.7. The molecular formula is C19H16F2N4O3S. The molecule has 1 aliphatic heterocycles. The third-order valence-electron chi connectivity index (χ3n) is 4.33. The summed E-state index contributed by atoms with van der Waals surface area (Å²) in [6.07, 6.45) is 0. The molecule has 0 N–H and O–H groups in total. The first-order valence-electron chi connectivity index (χ1n) is 8.65. The second kappa shape index (κ2) is 8.08. The molecule has 1 amide bonds. The van der Waals surface area contributed by atoms with Gasteiger partial charge in [0.1, 0.15) is 18.2 Å². The Balaban J connectivity index is 1.63. The molecule has 150 valence electrons. The van der Waals surface area contributed by atoms with E-state index in [9.17, 15) is 13.6 Å². The fourth-order valence-corrected chi connectivity index (χ4v) is 3.73. The summed E-state index contributed by atoms with van der Waals surface area (Å²) >= 11 is 1.20. The molecule has 0 saturated heterocycles. The van der Waals surface area contributed by atoms with E-state index in [0.29, 0.717) is 22.5 Å². The standard InChI is InChI=1S/C19H16F2N4O3S/c1-27-15-7-2-3-8-16(15)28-10-17-22-23-19-25(17)24(18(26)11-29-19)9-12-13(20)5-4-6-14(12)21/h2-8H,9-11H2,1H3. The zero-order valence-electron chi connectivity index (χ0n) is 15.3. The third kappa shape index (κ3) is 3.75. The van der Waals surface area contributed by atoms with Crippen molar-refractivity contribution in [2.24, 2.45) is 0 Å². The quantitative estimate of drug-likeness (QED) is 0.613. The van der Waals surface area contributed by atoms with E-state index in [1.54, 1.807) is 18.2 Å². The van der Waals surface area contributed by atoms with Crippen LogP contribution >= 0.6 is 11.8 Å². The number of amides is 1. The van der Waals surface area contributed by atoms with Crippen LogP contribution < -0.4 is 14.5 Å². The maximum absolute atomic E-state index is 14.1. The zero-order valence-corrected chi connectivity index (χ0v) is 16.2. The Bertz CT molecular complexity index is 1040. The van der Waals surface area contributed by atoms with Gasteiger partial charge in [-0.15, -0.1) is 10.2 Å². The molecule has 0 atom stereocenters. The molecule has 7 nitrogen and oxygen atoms in total. The number of rotatable bonds is 6. The van der Waals surface area contributed by atoms with Crippen LogP contribution in [0.25, 0.3) is 0 Å². The predicted octanol–water partition coefficient (Wildman–Crippen LogP) is 2.91. The molecule has 2 heterocycles. The van der Waals surface area contributed by atoms with E-state index in [-0.39, 0.29) is 30.4 Å². The normalized spacial score (nSPS) is 13.3. The first kappa shape index (κ1) is 19.2. The number of benzene rings is 2. The lowest BCUT2D eigenvalue weighted by molar-refractivity contribution is -0.118. The Kier molecular flexibility index (Phi) is 5.34. The number of thioether (sulfide) groups is 1. The maximum atomic E-state index is 14.1. The van der Waals surface area contributed by atoms with Crippen LogP contribution in [-0.2, 0) is 17.9 Å². The van der Waals surface area contributed by atoms with Crippen molar-refractivity contribution < 1.29 is 23.0 Å². The molecular weight excluding hydrogens is 402 g/mol. The lowest BCUT2D eigenvalue weighted by Crippen LogP contribution is -2.45. The van der Waals surface area contributed by atoms with Crippen LogP contribution in [0.1, 0.15) is 11.4 Å². The monoisotopic (exact) mass is 418 g/mol. The number of hydrogen-bond acceptors (Lipinski definition) is 6. The van der Waals surface area contributed by atoms with Gasteiger partial charge in [-0.3, -0.25) is 4.79 Å². The Morgan fingerprint density at radius 1 is 1.07 bits per heavy atom. The van der Waals surface area contributed by atoms with Crippen molar-refractivity contribution in [1.29, 1.82) is 0 Å². The summed E-state index contributed by atoms with van der Waals surface area (Å²) in [5.41, 5.74) is -0.205. The van der Waals surface area contributed by atoms with Gasteiger partial charge in [-0.05, 0) is 24.3 Å². The van der Waals surface area contributed by atoms with Crippen LogP contribution in [0.3, 0.4) is 0 Å². The SMILES string of the molecule is COc1ccccc1OCc1nnc2n1N(Cc1c(F)cccc1F)C(=O)CS2. The van der Waals surface area contributed by atoms with Crippen molar-refractivity contribution in [3.8, 4) is 11.5 Å². The molecule has 0 fully saturated rings. The van der Waals surface area contributed by atoms with Crippen LogP contribution in [0.4, 0.5) is 8.78 Å². The molecule has 0 bridgehead atoms. The molecule has 10 heteroatoms. The van der Waals surface area contributed by atoms with Gasteiger partial charge in [0.25, 0.3) is 5.91 Å². The summed E-state index contributed by atoms with van der Waals surface area (Å²) in [6.45, 7) is -0.304. The van der Waals surface area contributed by atoms with Crippen LogP contribution in [0.15, 0.2) is 47.6 Å². The van der Waals surface area contributed by atoms with Crippen molar-refractivity contribution in [1.82, 2.24) is 14.9 Å². The van der Waals surface area contributed by atoms with Crippen LogP contribution in [0.5, 0.6) is 11.5 Å². The van der Waals surface area contributed by atoms with Crippen LogP contribution in [0.2, 0.25) is 0 Å². The molecule has 29 heavy (non-hydrogen) atoms. The third-order valence-corrected chi connectivity index (χ3v) is 5.23. The predicted molar refractivity (Wildman–Crippen MR) is 101 cm³/mol. The minimum atomic E-state index is -0.725. The van der Waals surface area contributed by atoms with Gasteiger partial charge in [0.15, 0.2) is 17.3 Å². The average molecular weight is 418 g/mol. The molecule has 0 aliphatic carbocycles.